The molecule has 24 heavy (non-hydrogen) atoms. The van der Waals surface area contributed by atoms with Crippen molar-refractivity contribution in [2.45, 2.75) is 39.4 Å². The van der Waals surface area contributed by atoms with Gasteiger partial charge in [0.05, 0.1) is 24.1 Å². The van der Waals surface area contributed by atoms with Crippen molar-refractivity contribution < 1.29 is 4.39 Å². The minimum Gasteiger partial charge on any atom is -0.308 e. The second kappa shape index (κ2) is 6.97. The van der Waals surface area contributed by atoms with Crippen LogP contribution in [0.5, 0.6) is 0 Å². The Morgan fingerprint density at radius 1 is 1.21 bits per heavy atom. The fraction of sp³-hybridized carbons (Fsp3) is 0.333. The lowest BCUT2D eigenvalue weighted by molar-refractivity contribution is 0.365. The van der Waals surface area contributed by atoms with Gasteiger partial charge in [-0.1, -0.05) is 0 Å². The van der Waals surface area contributed by atoms with E-state index in [2.05, 4.69) is 34.5 Å². The van der Waals surface area contributed by atoms with E-state index in [0.29, 0.717) is 6.54 Å². The molecule has 1 aromatic carbocycles. The van der Waals surface area contributed by atoms with Crippen LogP contribution in [0.3, 0.4) is 0 Å². The maximum absolute atomic E-state index is 13.1. The molecule has 2 heterocycles. The normalized spacial score (nSPS) is 13.8. The molecule has 2 atom stereocenters. The smallest absolute Gasteiger partial charge is 0.123 e. The Hall–Kier alpha value is -2.47. The van der Waals surface area contributed by atoms with Crippen LogP contribution in [-0.2, 0) is 6.54 Å². The van der Waals surface area contributed by atoms with Crippen molar-refractivity contribution in [3.05, 3.63) is 59.8 Å². The molecule has 0 bridgehead atoms. The van der Waals surface area contributed by atoms with Gasteiger partial charge in [-0.2, -0.15) is 10.2 Å². The van der Waals surface area contributed by atoms with Crippen LogP contribution in [0.15, 0.2) is 42.9 Å². The third-order valence-electron chi connectivity index (χ3n) is 4.34. The standard InChI is InChI=1S/C18H22FN5/c1-12-8-22-24(11-12)14(3)13(2)20-9-16-10-21-23-18(16)15-4-6-17(19)7-5-15/h4-8,10-11,13-14,20H,9H2,1-3H3,(H,21,23)/t13-,14+/m0/s1. The number of halogens is 1. The Labute approximate surface area is 140 Å². The van der Waals surface area contributed by atoms with E-state index in [1.165, 1.54) is 12.1 Å². The summed E-state index contributed by atoms with van der Waals surface area (Å²) in [7, 11) is 0. The molecule has 0 unspecified atom stereocenters. The van der Waals surface area contributed by atoms with Crippen LogP contribution in [0, 0.1) is 12.7 Å². The largest absolute Gasteiger partial charge is 0.308 e. The van der Waals surface area contributed by atoms with Crippen LogP contribution in [0.25, 0.3) is 11.3 Å². The van der Waals surface area contributed by atoms with Gasteiger partial charge in [0.2, 0.25) is 0 Å². The summed E-state index contributed by atoms with van der Waals surface area (Å²) in [4.78, 5) is 0. The van der Waals surface area contributed by atoms with E-state index in [0.717, 1.165) is 22.4 Å². The number of aromatic amines is 1. The van der Waals surface area contributed by atoms with Gasteiger partial charge in [0.25, 0.3) is 0 Å². The summed E-state index contributed by atoms with van der Waals surface area (Å²) in [6, 6.07) is 6.90. The number of hydrogen-bond acceptors (Lipinski definition) is 3. The highest BCUT2D eigenvalue weighted by atomic mass is 19.1. The summed E-state index contributed by atoms with van der Waals surface area (Å²) >= 11 is 0. The van der Waals surface area contributed by atoms with Gasteiger partial charge < -0.3 is 5.32 Å². The Morgan fingerprint density at radius 2 is 1.96 bits per heavy atom. The summed E-state index contributed by atoms with van der Waals surface area (Å²) in [6.45, 7) is 6.99. The minimum atomic E-state index is -0.241. The first-order chi connectivity index (χ1) is 11.5. The summed E-state index contributed by atoms with van der Waals surface area (Å²) < 4.78 is 15.1. The summed E-state index contributed by atoms with van der Waals surface area (Å²) in [6.07, 6.45) is 5.72. The number of aromatic nitrogens is 4. The Kier molecular flexibility index (Phi) is 4.76. The molecule has 2 N–H and O–H groups in total. The van der Waals surface area contributed by atoms with Crippen molar-refractivity contribution in [1.82, 2.24) is 25.3 Å². The van der Waals surface area contributed by atoms with E-state index in [-0.39, 0.29) is 17.9 Å². The van der Waals surface area contributed by atoms with E-state index in [1.54, 1.807) is 18.3 Å². The zero-order valence-corrected chi connectivity index (χ0v) is 14.1. The number of rotatable bonds is 6. The van der Waals surface area contributed by atoms with Gasteiger partial charge in [0.1, 0.15) is 5.82 Å². The molecule has 0 fully saturated rings. The first-order valence-corrected chi connectivity index (χ1v) is 8.07. The van der Waals surface area contributed by atoms with Gasteiger partial charge in [0.15, 0.2) is 0 Å². The van der Waals surface area contributed by atoms with E-state index in [1.807, 2.05) is 24.0 Å². The van der Waals surface area contributed by atoms with Crippen LogP contribution >= 0.6 is 0 Å². The third kappa shape index (κ3) is 3.54. The molecule has 0 aliphatic rings. The van der Waals surface area contributed by atoms with Crippen molar-refractivity contribution in [3.8, 4) is 11.3 Å². The average molecular weight is 327 g/mol. The van der Waals surface area contributed by atoms with Gasteiger partial charge in [-0.05, 0) is 50.6 Å². The van der Waals surface area contributed by atoms with E-state index >= 15 is 0 Å². The van der Waals surface area contributed by atoms with Crippen molar-refractivity contribution in [2.75, 3.05) is 0 Å². The van der Waals surface area contributed by atoms with Crippen LogP contribution in [0.4, 0.5) is 4.39 Å². The second-order valence-electron chi connectivity index (χ2n) is 6.19. The zero-order chi connectivity index (χ0) is 17.1. The van der Waals surface area contributed by atoms with E-state index in [4.69, 9.17) is 0 Å². The maximum atomic E-state index is 13.1. The van der Waals surface area contributed by atoms with Crippen molar-refractivity contribution >= 4 is 0 Å². The molecule has 0 saturated carbocycles. The molecule has 0 saturated heterocycles. The van der Waals surface area contributed by atoms with Crippen LogP contribution in [0.1, 0.15) is 31.0 Å². The highest BCUT2D eigenvalue weighted by molar-refractivity contribution is 5.62. The lowest BCUT2D eigenvalue weighted by Crippen LogP contribution is -2.33. The highest BCUT2D eigenvalue weighted by Gasteiger charge is 2.16. The Bertz CT molecular complexity index is 790. The third-order valence-corrected chi connectivity index (χ3v) is 4.34. The van der Waals surface area contributed by atoms with Gasteiger partial charge >= 0.3 is 0 Å². The average Bonchev–Trinajstić information content (AvgIpc) is 3.21. The number of benzene rings is 1. The summed E-state index contributed by atoms with van der Waals surface area (Å²) in [5.74, 6) is -0.241. The van der Waals surface area contributed by atoms with Crippen molar-refractivity contribution in [2.24, 2.45) is 0 Å². The van der Waals surface area contributed by atoms with Gasteiger partial charge in [-0.15, -0.1) is 0 Å². The van der Waals surface area contributed by atoms with Gasteiger partial charge in [-0.3, -0.25) is 9.78 Å². The van der Waals surface area contributed by atoms with Gasteiger partial charge in [0, 0.05) is 29.9 Å². The fourth-order valence-electron chi connectivity index (χ4n) is 2.64. The minimum absolute atomic E-state index is 0.236. The maximum Gasteiger partial charge on any atom is 0.123 e. The molecule has 5 nitrogen and oxygen atoms in total. The molecular weight excluding hydrogens is 305 g/mol. The predicted molar refractivity (Wildman–Crippen MR) is 92.0 cm³/mol. The number of nitrogens with one attached hydrogen (secondary N) is 2. The summed E-state index contributed by atoms with van der Waals surface area (Å²) in [5, 5.41) is 15.0. The molecule has 0 amide bonds. The SMILES string of the molecule is Cc1cnn([C@H](C)[C@H](C)NCc2cn[nH]c2-c2ccc(F)cc2)c1. The number of H-pyrrole nitrogens is 1. The van der Waals surface area contributed by atoms with Crippen molar-refractivity contribution in [1.29, 1.82) is 0 Å². The number of aryl methyl sites for hydroxylation is 1. The molecule has 0 aliphatic carbocycles. The fourth-order valence-corrected chi connectivity index (χ4v) is 2.64. The first-order valence-electron chi connectivity index (χ1n) is 8.07. The molecule has 2 aromatic heterocycles. The molecule has 6 heteroatoms. The molecular formula is C18H22FN5. The molecule has 0 spiro atoms. The second-order valence-corrected chi connectivity index (χ2v) is 6.19. The molecule has 3 aromatic rings. The lowest BCUT2D eigenvalue weighted by atomic mass is 10.1. The number of nitrogens with zero attached hydrogens (tertiary/aromatic N) is 3. The monoisotopic (exact) mass is 327 g/mol. The van der Waals surface area contributed by atoms with E-state index in [9.17, 15) is 4.39 Å². The Balaban J connectivity index is 1.67. The predicted octanol–water partition coefficient (Wildman–Crippen LogP) is 3.46. The molecule has 0 radical (unpaired) electrons. The molecule has 0 aliphatic heterocycles. The zero-order valence-electron chi connectivity index (χ0n) is 14.1. The molecule has 126 valence electrons. The van der Waals surface area contributed by atoms with Gasteiger partial charge in [-0.25, -0.2) is 4.39 Å². The van der Waals surface area contributed by atoms with E-state index < -0.39 is 0 Å². The Morgan fingerprint density at radius 3 is 2.62 bits per heavy atom. The number of hydrogen-bond donors (Lipinski definition) is 2. The summed E-state index contributed by atoms with van der Waals surface area (Å²) in [5.41, 5.74) is 4.05. The van der Waals surface area contributed by atoms with Crippen LogP contribution < -0.4 is 5.32 Å². The topological polar surface area (TPSA) is 58.5 Å². The highest BCUT2D eigenvalue weighted by Crippen LogP contribution is 2.21. The van der Waals surface area contributed by atoms with Crippen LogP contribution in [0.2, 0.25) is 0 Å². The lowest BCUT2D eigenvalue weighted by Gasteiger charge is -2.21. The molecule has 3 rings (SSSR count). The quantitative estimate of drug-likeness (QED) is 0.729. The first kappa shape index (κ1) is 16.4. The van der Waals surface area contributed by atoms with Crippen molar-refractivity contribution in [3.63, 3.8) is 0 Å². The van der Waals surface area contributed by atoms with Crippen LogP contribution in [-0.4, -0.2) is 26.0 Å².